The fourth-order valence-corrected chi connectivity index (χ4v) is 5.90. The highest BCUT2D eigenvalue weighted by Gasteiger charge is 2.35. The number of methoxy groups -OCH3 is 2. The van der Waals surface area contributed by atoms with Crippen molar-refractivity contribution in [1.29, 1.82) is 0 Å². The number of esters is 1. The van der Waals surface area contributed by atoms with Crippen LogP contribution in [-0.2, 0) is 9.53 Å². The maximum atomic E-state index is 13.9. The van der Waals surface area contributed by atoms with Gasteiger partial charge >= 0.3 is 5.97 Å². The summed E-state index contributed by atoms with van der Waals surface area (Å²) < 4.78 is 24.0. The molecule has 0 bridgehead atoms. The van der Waals surface area contributed by atoms with E-state index in [-0.39, 0.29) is 27.4 Å². The lowest BCUT2D eigenvalue weighted by molar-refractivity contribution is -0.384. The van der Waals surface area contributed by atoms with E-state index in [1.807, 2.05) is 0 Å². The average molecular weight is 610 g/mol. The lowest BCUT2D eigenvalue weighted by atomic mass is 9.95. The molecule has 13 heteroatoms. The van der Waals surface area contributed by atoms with Crippen molar-refractivity contribution < 1.29 is 28.3 Å². The number of allylic oxidation sites excluding steroid dienone is 1. The van der Waals surface area contributed by atoms with Gasteiger partial charge in [-0.05, 0) is 50.2 Å². The summed E-state index contributed by atoms with van der Waals surface area (Å²) in [7, 11) is 3.01. The molecule has 2 aromatic heterocycles. The van der Waals surface area contributed by atoms with Crippen LogP contribution < -0.4 is 24.4 Å². The van der Waals surface area contributed by atoms with Crippen LogP contribution in [0.1, 0.15) is 31.2 Å². The van der Waals surface area contributed by atoms with Gasteiger partial charge in [-0.2, -0.15) is 0 Å². The second-order valence-electron chi connectivity index (χ2n) is 9.03. The minimum Gasteiger partial charge on any atom is -0.497 e. The number of carbonyl (C=O) groups excluding carboxylic acids is 1. The minimum absolute atomic E-state index is 0.136. The second-order valence-corrected chi connectivity index (χ2v) is 10.4. The molecule has 0 saturated carbocycles. The van der Waals surface area contributed by atoms with Crippen LogP contribution in [0, 0.1) is 10.1 Å². The Morgan fingerprint density at radius 1 is 1.19 bits per heavy atom. The molecule has 0 fully saturated rings. The number of benzene rings is 2. The van der Waals surface area contributed by atoms with Crippen molar-refractivity contribution in [3.8, 4) is 22.8 Å². The fraction of sp³-hybridized carbons (Fsp3) is 0.207. The molecule has 0 aliphatic carbocycles. The summed E-state index contributed by atoms with van der Waals surface area (Å²) in [6.45, 7) is 3.52. The van der Waals surface area contributed by atoms with Crippen molar-refractivity contribution in [3.05, 3.63) is 106 Å². The standard InChI is InChI=1S/C29H24ClN3O8S/c1-5-40-28(35)25-15(2)31-29-32(26(25)20-13-17(38-3)7-10-22(20)39-4)27(34)24(42-29)14-18-8-11-23(41-18)19-12-16(33(36)37)6-9-21(19)30/h6-14,26H,5H2,1-4H3/b24-14-. The summed E-state index contributed by atoms with van der Waals surface area (Å²) in [5.74, 6) is 0.953. The summed E-state index contributed by atoms with van der Waals surface area (Å²) >= 11 is 7.40. The van der Waals surface area contributed by atoms with Gasteiger partial charge in [-0.3, -0.25) is 19.5 Å². The number of ether oxygens (including phenoxy) is 3. The van der Waals surface area contributed by atoms with Gasteiger partial charge in [-0.25, -0.2) is 9.79 Å². The fourth-order valence-electron chi connectivity index (χ4n) is 4.66. The van der Waals surface area contributed by atoms with Crippen molar-refractivity contribution >= 4 is 40.7 Å². The molecule has 5 rings (SSSR count). The SMILES string of the molecule is CCOC(=O)C1=C(C)N=c2s/c(=C\c3ccc(-c4cc([N+](=O)[O-])ccc4Cl)o3)c(=O)n2C1c1cc(OC)ccc1OC. The first-order valence-electron chi connectivity index (χ1n) is 12.6. The number of nitrogens with zero attached hydrogens (tertiary/aromatic N) is 3. The maximum Gasteiger partial charge on any atom is 0.338 e. The number of fused-ring (bicyclic) bond motifs is 1. The number of aromatic nitrogens is 1. The van der Waals surface area contributed by atoms with Gasteiger partial charge in [0.2, 0.25) is 0 Å². The Morgan fingerprint density at radius 3 is 2.67 bits per heavy atom. The quantitative estimate of drug-likeness (QED) is 0.160. The summed E-state index contributed by atoms with van der Waals surface area (Å²) in [5.41, 5.74) is 0.893. The van der Waals surface area contributed by atoms with Crippen molar-refractivity contribution in [2.45, 2.75) is 19.9 Å². The molecule has 11 nitrogen and oxygen atoms in total. The Kier molecular flexibility index (Phi) is 8.01. The second kappa shape index (κ2) is 11.7. The number of furan rings is 1. The number of rotatable bonds is 8. The molecule has 216 valence electrons. The molecule has 4 aromatic rings. The Labute approximate surface area is 247 Å². The Bertz CT molecular complexity index is 1940. The molecule has 0 amide bonds. The summed E-state index contributed by atoms with van der Waals surface area (Å²) in [6, 6.07) is 11.5. The molecule has 42 heavy (non-hydrogen) atoms. The number of non-ortho nitro benzene ring substituents is 1. The molecule has 1 unspecified atom stereocenters. The molecule has 0 N–H and O–H groups in total. The molecule has 1 aliphatic rings. The van der Waals surface area contributed by atoms with Crippen LogP contribution in [0.4, 0.5) is 5.69 Å². The van der Waals surface area contributed by atoms with Crippen molar-refractivity contribution in [2.75, 3.05) is 20.8 Å². The summed E-state index contributed by atoms with van der Waals surface area (Å²) in [5, 5.41) is 11.5. The molecule has 0 saturated heterocycles. The topological polar surface area (TPSA) is 135 Å². The van der Waals surface area contributed by atoms with E-state index in [0.29, 0.717) is 44.6 Å². The Morgan fingerprint density at radius 2 is 1.98 bits per heavy atom. The minimum atomic E-state index is -0.914. The highest BCUT2D eigenvalue weighted by Crippen LogP contribution is 2.38. The Balaban J connectivity index is 1.67. The molecular weight excluding hydrogens is 586 g/mol. The van der Waals surface area contributed by atoms with Gasteiger partial charge in [-0.15, -0.1) is 0 Å². The van der Waals surface area contributed by atoms with Crippen LogP contribution in [0.15, 0.2) is 74.0 Å². The summed E-state index contributed by atoms with van der Waals surface area (Å²) in [6.07, 6.45) is 1.54. The lowest BCUT2D eigenvalue weighted by Crippen LogP contribution is -2.40. The first-order chi connectivity index (χ1) is 20.2. The zero-order valence-electron chi connectivity index (χ0n) is 22.9. The van der Waals surface area contributed by atoms with E-state index in [2.05, 4.69) is 4.99 Å². The van der Waals surface area contributed by atoms with Crippen molar-refractivity contribution in [1.82, 2.24) is 4.57 Å². The molecule has 0 spiro atoms. The van der Waals surface area contributed by atoms with Crippen LogP contribution >= 0.6 is 22.9 Å². The van der Waals surface area contributed by atoms with E-state index in [9.17, 15) is 19.7 Å². The van der Waals surface area contributed by atoms with Crippen LogP contribution in [0.5, 0.6) is 11.5 Å². The first kappa shape index (κ1) is 28.8. The number of carbonyl (C=O) groups is 1. The predicted molar refractivity (Wildman–Crippen MR) is 156 cm³/mol. The van der Waals surface area contributed by atoms with E-state index < -0.39 is 22.5 Å². The van der Waals surface area contributed by atoms with E-state index in [1.54, 1.807) is 50.3 Å². The summed E-state index contributed by atoms with van der Waals surface area (Å²) in [4.78, 5) is 42.8. The van der Waals surface area contributed by atoms with E-state index in [0.717, 1.165) is 11.3 Å². The zero-order valence-corrected chi connectivity index (χ0v) is 24.4. The van der Waals surface area contributed by atoms with Gasteiger partial charge in [0.05, 0.1) is 46.6 Å². The predicted octanol–water partition coefficient (Wildman–Crippen LogP) is 4.64. The van der Waals surface area contributed by atoms with E-state index in [4.69, 9.17) is 30.2 Å². The number of hydrogen-bond donors (Lipinski definition) is 0. The third-order valence-corrected chi connectivity index (χ3v) is 7.89. The van der Waals surface area contributed by atoms with Gasteiger partial charge in [0.25, 0.3) is 11.2 Å². The van der Waals surface area contributed by atoms with E-state index >= 15 is 0 Å². The number of halogens is 1. The highest BCUT2D eigenvalue weighted by molar-refractivity contribution is 7.07. The van der Waals surface area contributed by atoms with Crippen LogP contribution in [0.3, 0.4) is 0 Å². The van der Waals surface area contributed by atoms with Crippen LogP contribution in [-0.4, -0.2) is 36.3 Å². The number of nitro groups is 1. The number of thiazole rings is 1. The normalized spacial score (nSPS) is 14.8. The smallest absolute Gasteiger partial charge is 0.338 e. The lowest BCUT2D eigenvalue weighted by Gasteiger charge is -2.26. The zero-order chi connectivity index (χ0) is 30.1. The molecule has 0 radical (unpaired) electrons. The Hall–Kier alpha value is -4.68. The monoisotopic (exact) mass is 609 g/mol. The molecule has 1 aliphatic heterocycles. The van der Waals surface area contributed by atoms with Crippen molar-refractivity contribution in [2.24, 2.45) is 4.99 Å². The highest BCUT2D eigenvalue weighted by atomic mass is 35.5. The molecule has 2 aromatic carbocycles. The third-order valence-electron chi connectivity index (χ3n) is 6.57. The van der Waals surface area contributed by atoms with Crippen molar-refractivity contribution in [3.63, 3.8) is 0 Å². The third kappa shape index (κ3) is 5.21. The molecule has 3 heterocycles. The van der Waals surface area contributed by atoms with Gasteiger partial charge in [0, 0.05) is 29.3 Å². The average Bonchev–Trinajstić information content (AvgIpc) is 3.56. The van der Waals surface area contributed by atoms with Gasteiger partial charge in [0.1, 0.15) is 29.1 Å². The van der Waals surface area contributed by atoms with E-state index in [1.165, 1.54) is 37.0 Å². The number of nitro benzene ring substituents is 1. The van der Waals surface area contributed by atoms with Gasteiger partial charge in [-0.1, -0.05) is 22.9 Å². The molecular formula is C29H24ClN3O8S. The van der Waals surface area contributed by atoms with Gasteiger partial charge < -0.3 is 18.6 Å². The first-order valence-corrected chi connectivity index (χ1v) is 13.8. The number of hydrogen-bond acceptors (Lipinski definition) is 10. The van der Waals surface area contributed by atoms with Crippen LogP contribution in [0.25, 0.3) is 17.4 Å². The largest absolute Gasteiger partial charge is 0.497 e. The van der Waals surface area contributed by atoms with Crippen LogP contribution in [0.2, 0.25) is 5.02 Å². The molecule has 1 atom stereocenters. The van der Waals surface area contributed by atoms with Gasteiger partial charge in [0.15, 0.2) is 4.80 Å². The maximum absolute atomic E-state index is 13.9.